The summed E-state index contributed by atoms with van der Waals surface area (Å²) in [6, 6.07) is 7.54. The van der Waals surface area contributed by atoms with Gasteiger partial charge in [0.2, 0.25) is 0 Å². The second-order valence-electron chi connectivity index (χ2n) is 5.51. The highest BCUT2D eigenvalue weighted by atomic mass is 16.5. The number of hydrogen-bond donors (Lipinski definition) is 1. The first-order valence-corrected chi connectivity index (χ1v) is 6.75. The highest BCUT2D eigenvalue weighted by Crippen LogP contribution is 2.42. The molecule has 18 heavy (non-hydrogen) atoms. The van der Waals surface area contributed by atoms with Gasteiger partial charge in [-0.15, -0.1) is 0 Å². The van der Waals surface area contributed by atoms with Gasteiger partial charge < -0.3 is 10.5 Å². The van der Waals surface area contributed by atoms with Crippen molar-refractivity contribution in [2.75, 3.05) is 6.54 Å². The van der Waals surface area contributed by atoms with E-state index in [0.717, 1.165) is 43.4 Å². The normalized spacial score (nSPS) is 21.2. The maximum absolute atomic E-state index is 12.4. The summed E-state index contributed by atoms with van der Waals surface area (Å²) in [6.45, 7) is 0.464. The van der Waals surface area contributed by atoms with E-state index in [9.17, 15) is 4.79 Å². The molecule has 0 radical (unpaired) electrons. The standard InChI is InChI=1S/C15H19NO2/c16-10-15(8-1-9-15)14(17)11-2-4-12(5-3-11)18-13-6-7-13/h2-5,13H,1,6-10,16H2. The van der Waals surface area contributed by atoms with Gasteiger partial charge in [-0.1, -0.05) is 6.42 Å². The van der Waals surface area contributed by atoms with Crippen LogP contribution in [0.5, 0.6) is 5.75 Å². The monoisotopic (exact) mass is 245 g/mol. The van der Waals surface area contributed by atoms with Crippen molar-refractivity contribution in [3.05, 3.63) is 29.8 Å². The van der Waals surface area contributed by atoms with E-state index in [1.54, 1.807) is 0 Å². The molecule has 0 atom stereocenters. The van der Waals surface area contributed by atoms with Crippen LogP contribution in [0.2, 0.25) is 0 Å². The Bertz CT molecular complexity index is 439. The third-order valence-electron chi connectivity index (χ3n) is 4.13. The van der Waals surface area contributed by atoms with Gasteiger partial charge in [0.15, 0.2) is 5.78 Å². The van der Waals surface area contributed by atoms with Gasteiger partial charge in [-0.2, -0.15) is 0 Å². The number of carbonyl (C=O) groups excluding carboxylic acids is 1. The molecule has 0 amide bonds. The Kier molecular flexibility index (Phi) is 2.86. The molecule has 96 valence electrons. The second kappa shape index (κ2) is 4.39. The summed E-state index contributed by atoms with van der Waals surface area (Å²) in [4.78, 5) is 12.4. The average Bonchev–Trinajstić information content (AvgIpc) is 3.13. The van der Waals surface area contributed by atoms with Crippen LogP contribution in [0.4, 0.5) is 0 Å². The molecule has 1 aromatic rings. The van der Waals surface area contributed by atoms with E-state index < -0.39 is 0 Å². The number of ether oxygens (including phenoxy) is 1. The number of ketones is 1. The van der Waals surface area contributed by atoms with Crippen LogP contribution in [0.25, 0.3) is 0 Å². The Hall–Kier alpha value is -1.35. The zero-order valence-corrected chi connectivity index (χ0v) is 10.5. The van der Waals surface area contributed by atoms with E-state index in [0.29, 0.717) is 12.6 Å². The SMILES string of the molecule is NCC1(C(=O)c2ccc(OC3CC3)cc2)CCC1. The molecule has 0 saturated heterocycles. The highest BCUT2D eigenvalue weighted by Gasteiger charge is 2.42. The summed E-state index contributed by atoms with van der Waals surface area (Å²) < 4.78 is 5.68. The number of nitrogens with two attached hydrogens (primary N) is 1. The average molecular weight is 245 g/mol. The summed E-state index contributed by atoms with van der Waals surface area (Å²) in [5.41, 5.74) is 6.25. The first kappa shape index (κ1) is 11.7. The first-order valence-electron chi connectivity index (χ1n) is 6.75. The van der Waals surface area contributed by atoms with Crippen molar-refractivity contribution in [1.29, 1.82) is 0 Å². The molecule has 0 unspecified atom stereocenters. The van der Waals surface area contributed by atoms with E-state index >= 15 is 0 Å². The summed E-state index contributed by atoms with van der Waals surface area (Å²) in [5.74, 6) is 1.07. The lowest BCUT2D eigenvalue weighted by atomic mass is 9.64. The van der Waals surface area contributed by atoms with Crippen LogP contribution in [0.15, 0.2) is 24.3 Å². The minimum absolute atomic E-state index is 0.203. The Balaban J connectivity index is 1.73. The lowest BCUT2D eigenvalue weighted by Gasteiger charge is -2.39. The van der Waals surface area contributed by atoms with Crippen molar-refractivity contribution in [2.24, 2.45) is 11.1 Å². The summed E-state index contributed by atoms with van der Waals surface area (Å²) in [7, 11) is 0. The van der Waals surface area contributed by atoms with Gasteiger partial charge in [0.1, 0.15) is 5.75 Å². The van der Waals surface area contributed by atoms with Gasteiger partial charge >= 0.3 is 0 Å². The molecule has 0 aromatic heterocycles. The lowest BCUT2D eigenvalue weighted by Crippen LogP contribution is -2.44. The van der Waals surface area contributed by atoms with Crippen LogP contribution in [0.1, 0.15) is 42.5 Å². The number of Topliss-reactive ketones (excluding diaryl/α,β-unsaturated/α-hetero) is 1. The van der Waals surface area contributed by atoms with E-state index in [2.05, 4.69) is 0 Å². The van der Waals surface area contributed by atoms with Crippen molar-refractivity contribution in [3.63, 3.8) is 0 Å². The predicted molar refractivity (Wildman–Crippen MR) is 69.8 cm³/mol. The molecule has 2 N–H and O–H groups in total. The summed E-state index contributed by atoms with van der Waals surface area (Å²) >= 11 is 0. The number of hydrogen-bond acceptors (Lipinski definition) is 3. The molecule has 1 aromatic carbocycles. The molecule has 0 aliphatic heterocycles. The maximum Gasteiger partial charge on any atom is 0.170 e. The molecule has 3 nitrogen and oxygen atoms in total. The maximum atomic E-state index is 12.4. The molecule has 3 heteroatoms. The van der Waals surface area contributed by atoms with E-state index in [-0.39, 0.29) is 11.2 Å². The van der Waals surface area contributed by atoms with Crippen molar-refractivity contribution in [2.45, 2.75) is 38.2 Å². The third-order valence-corrected chi connectivity index (χ3v) is 4.13. The molecular formula is C15H19NO2. The van der Waals surface area contributed by atoms with Crippen LogP contribution in [0, 0.1) is 5.41 Å². The smallest absolute Gasteiger partial charge is 0.170 e. The molecule has 0 heterocycles. The Morgan fingerprint density at radius 3 is 2.39 bits per heavy atom. The summed E-state index contributed by atoms with van der Waals surface area (Å²) in [5, 5.41) is 0. The van der Waals surface area contributed by atoms with Crippen LogP contribution < -0.4 is 10.5 Å². The van der Waals surface area contributed by atoms with E-state index in [1.165, 1.54) is 0 Å². The molecule has 0 bridgehead atoms. The van der Waals surface area contributed by atoms with Crippen molar-refractivity contribution in [3.8, 4) is 5.75 Å². The van der Waals surface area contributed by atoms with E-state index in [4.69, 9.17) is 10.5 Å². The fourth-order valence-electron chi connectivity index (χ4n) is 2.50. The van der Waals surface area contributed by atoms with Crippen LogP contribution in [0.3, 0.4) is 0 Å². The van der Waals surface area contributed by atoms with Gasteiger partial charge in [0.05, 0.1) is 6.10 Å². The van der Waals surface area contributed by atoms with Gasteiger partial charge in [-0.3, -0.25) is 4.79 Å². The summed E-state index contributed by atoms with van der Waals surface area (Å²) in [6.07, 6.45) is 5.68. The van der Waals surface area contributed by atoms with Crippen LogP contribution in [-0.4, -0.2) is 18.4 Å². The Labute approximate surface area is 107 Å². The fourth-order valence-corrected chi connectivity index (χ4v) is 2.50. The fraction of sp³-hybridized carbons (Fsp3) is 0.533. The molecule has 0 spiro atoms. The van der Waals surface area contributed by atoms with Crippen LogP contribution in [-0.2, 0) is 0 Å². The highest BCUT2D eigenvalue weighted by molar-refractivity contribution is 6.01. The molecule has 3 rings (SSSR count). The van der Waals surface area contributed by atoms with Gasteiger partial charge in [-0.25, -0.2) is 0 Å². The van der Waals surface area contributed by atoms with Gasteiger partial charge in [-0.05, 0) is 49.9 Å². The molecule has 2 aliphatic rings. The molecule has 2 aliphatic carbocycles. The lowest BCUT2D eigenvalue weighted by molar-refractivity contribution is 0.0636. The zero-order chi connectivity index (χ0) is 12.6. The topological polar surface area (TPSA) is 52.3 Å². The largest absolute Gasteiger partial charge is 0.490 e. The third kappa shape index (κ3) is 2.03. The zero-order valence-electron chi connectivity index (χ0n) is 10.5. The van der Waals surface area contributed by atoms with Crippen molar-refractivity contribution < 1.29 is 9.53 Å². The molecule has 2 fully saturated rings. The number of benzene rings is 1. The molecule has 2 saturated carbocycles. The number of carbonyl (C=O) groups is 1. The minimum atomic E-state index is -0.279. The Morgan fingerprint density at radius 2 is 1.94 bits per heavy atom. The second-order valence-corrected chi connectivity index (χ2v) is 5.51. The Morgan fingerprint density at radius 1 is 1.28 bits per heavy atom. The van der Waals surface area contributed by atoms with Crippen molar-refractivity contribution in [1.82, 2.24) is 0 Å². The predicted octanol–water partition coefficient (Wildman–Crippen LogP) is 2.54. The quantitative estimate of drug-likeness (QED) is 0.811. The molecular weight excluding hydrogens is 226 g/mol. The first-order chi connectivity index (χ1) is 8.73. The van der Waals surface area contributed by atoms with Gasteiger partial charge in [0.25, 0.3) is 0 Å². The van der Waals surface area contributed by atoms with Gasteiger partial charge in [0, 0.05) is 17.5 Å². The number of rotatable bonds is 5. The van der Waals surface area contributed by atoms with Crippen LogP contribution >= 0.6 is 0 Å². The minimum Gasteiger partial charge on any atom is -0.490 e. The van der Waals surface area contributed by atoms with Crippen molar-refractivity contribution >= 4 is 5.78 Å². The van der Waals surface area contributed by atoms with E-state index in [1.807, 2.05) is 24.3 Å².